The first-order chi connectivity index (χ1) is 15.3. The molecule has 0 aromatic carbocycles. The number of rotatable bonds is 4. The second-order valence-electron chi connectivity index (χ2n) is 7.59. The predicted octanol–water partition coefficient (Wildman–Crippen LogP) is 3.67. The second-order valence-corrected chi connectivity index (χ2v) is 7.59. The SMILES string of the molecule is [2H]C([2H])([2H])n1cc(-c2cc(Oc3ccc(NC(=O)NC(=O)C(C)(C)C)nc3C)ccn2)cn1. The fourth-order valence-corrected chi connectivity index (χ4v) is 2.38. The van der Waals surface area contributed by atoms with Crippen LogP contribution >= 0.6 is 0 Å². The summed E-state index contributed by atoms with van der Waals surface area (Å²) in [6, 6.07) is 5.81. The minimum absolute atomic E-state index is 0.256. The maximum Gasteiger partial charge on any atom is 0.327 e. The molecule has 0 bridgehead atoms. The first-order valence-corrected chi connectivity index (χ1v) is 9.12. The molecule has 3 aromatic rings. The van der Waals surface area contributed by atoms with Crippen LogP contribution in [0.25, 0.3) is 11.3 Å². The lowest BCUT2D eigenvalue weighted by atomic mass is 9.96. The molecule has 0 aliphatic rings. The van der Waals surface area contributed by atoms with E-state index in [0.29, 0.717) is 28.5 Å². The molecule has 30 heavy (non-hydrogen) atoms. The summed E-state index contributed by atoms with van der Waals surface area (Å²) in [4.78, 5) is 32.5. The van der Waals surface area contributed by atoms with Crippen molar-refractivity contribution < 1.29 is 18.4 Å². The Morgan fingerprint density at radius 1 is 1.23 bits per heavy atom. The third-order valence-electron chi connectivity index (χ3n) is 4.02. The topological polar surface area (TPSA) is 111 Å². The van der Waals surface area contributed by atoms with Crippen LogP contribution in [0, 0.1) is 12.3 Å². The van der Waals surface area contributed by atoms with Crippen LogP contribution in [-0.4, -0.2) is 31.7 Å². The van der Waals surface area contributed by atoms with Crippen molar-refractivity contribution in [3.8, 4) is 22.8 Å². The van der Waals surface area contributed by atoms with Gasteiger partial charge in [-0.2, -0.15) is 5.10 Å². The van der Waals surface area contributed by atoms with Crippen LogP contribution in [0.3, 0.4) is 0 Å². The number of hydrogen-bond acceptors (Lipinski definition) is 6. The van der Waals surface area contributed by atoms with E-state index >= 15 is 0 Å². The molecule has 0 saturated heterocycles. The molecule has 0 aliphatic heterocycles. The highest BCUT2D eigenvalue weighted by atomic mass is 16.5. The molecule has 0 unspecified atom stereocenters. The van der Waals surface area contributed by atoms with Gasteiger partial charge in [-0.25, -0.2) is 9.78 Å². The number of pyridine rings is 2. The van der Waals surface area contributed by atoms with Gasteiger partial charge in [0.05, 0.1) is 17.6 Å². The summed E-state index contributed by atoms with van der Waals surface area (Å²) >= 11 is 0. The van der Waals surface area contributed by atoms with E-state index in [1.165, 1.54) is 18.6 Å². The maximum atomic E-state index is 12.0. The standard InChI is InChI=1S/C21H24N6O3/c1-13-17(6-7-18(24-13)25-20(29)26-19(28)21(2,3)4)30-15-8-9-22-16(10-15)14-11-23-27(5)12-14/h6-12H,1-5H3,(H2,24,25,26,28,29)/i5D3. The minimum Gasteiger partial charge on any atom is -0.455 e. The van der Waals surface area contributed by atoms with Crippen LogP contribution < -0.4 is 15.4 Å². The Bertz CT molecular complexity index is 1180. The number of nitrogens with one attached hydrogen (secondary N) is 2. The number of aryl methyl sites for hydroxylation is 2. The van der Waals surface area contributed by atoms with Gasteiger partial charge in [-0.3, -0.25) is 25.1 Å². The summed E-state index contributed by atoms with van der Waals surface area (Å²) in [5, 5.41) is 8.64. The highest BCUT2D eigenvalue weighted by molar-refractivity contribution is 6.02. The van der Waals surface area contributed by atoms with Crippen LogP contribution in [-0.2, 0) is 11.8 Å². The number of nitrogens with zero attached hydrogens (tertiary/aromatic N) is 4. The van der Waals surface area contributed by atoms with Crippen LogP contribution in [0.15, 0.2) is 42.9 Å². The summed E-state index contributed by atoms with van der Waals surface area (Å²) in [5.41, 5.74) is 0.824. The van der Waals surface area contributed by atoms with Gasteiger partial charge in [0.15, 0.2) is 0 Å². The van der Waals surface area contributed by atoms with Crippen molar-refractivity contribution >= 4 is 17.8 Å². The third kappa shape index (κ3) is 5.19. The second kappa shape index (κ2) is 8.32. The maximum absolute atomic E-state index is 12.0. The van der Waals surface area contributed by atoms with Gasteiger partial charge < -0.3 is 4.74 Å². The Hall–Kier alpha value is -3.75. The van der Waals surface area contributed by atoms with Crippen LogP contribution in [0.5, 0.6) is 11.5 Å². The van der Waals surface area contributed by atoms with E-state index in [9.17, 15) is 9.59 Å². The molecule has 2 N–H and O–H groups in total. The lowest BCUT2D eigenvalue weighted by molar-refractivity contribution is -0.127. The van der Waals surface area contributed by atoms with Crippen molar-refractivity contribution in [3.05, 3.63) is 48.5 Å². The van der Waals surface area contributed by atoms with Gasteiger partial charge >= 0.3 is 6.03 Å². The monoisotopic (exact) mass is 411 g/mol. The van der Waals surface area contributed by atoms with Crippen molar-refractivity contribution in [2.75, 3.05) is 5.32 Å². The van der Waals surface area contributed by atoms with Gasteiger partial charge in [-0.05, 0) is 25.1 Å². The Kier molecular flexibility index (Phi) is 4.75. The summed E-state index contributed by atoms with van der Waals surface area (Å²) in [7, 11) is 0. The van der Waals surface area contributed by atoms with Crippen LogP contribution in [0.2, 0.25) is 0 Å². The molecule has 0 aliphatic carbocycles. The highest BCUT2D eigenvalue weighted by Crippen LogP contribution is 2.27. The van der Waals surface area contributed by atoms with E-state index < -0.39 is 24.3 Å². The Labute approximate surface area is 178 Å². The molecule has 3 amide bonds. The van der Waals surface area contributed by atoms with Crippen molar-refractivity contribution in [3.63, 3.8) is 0 Å². The van der Waals surface area contributed by atoms with Crippen LogP contribution in [0.1, 0.15) is 30.6 Å². The van der Waals surface area contributed by atoms with Crippen molar-refractivity contribution in [1.29, 1.82) is 0 Å². The lowest BCUT2D eigenvalue weighted by Gasteiger charge is -2.17. The number of urea groups is 1. The summed E-state index contributed by atoms with van der Waals surface area (Å²) < 4.78 is 29.0. The zero-order valence-electron chi connectivity index (χ0n) is 20.1. The van der Waals surface area contributed by atoms with Gasteiger partial charge in [0.1, 0.15) is 17.3 Å². The summed E-state index contributed by atoms with van der Waals surface area (Å²) in [6.07, 6.45) is 4.34. The average Bonchev–Trinajstić information content (AvgIpc) is 3.20. The first-order valence-electron chi connectivity index (χ1n) is 10.6. The molecule has 0 spiro atoms. The number of imide groups is 1. The van der Waals surface area contributed by atoms with Crippen molar-refractivity contribution in [2.45, 2.75) is 27.7 Å². The van der Waals surface area contributed by atoms with Crippen LogP contribution in [0.4, 0.5) is 10.6 Å². The Morgan fingerprint density at radius 2 is 2.03 bits per heavy atom. The molecule has 3 aromatic heterocycles. The zero-order chi connectivity index (χ0) is 24.4. The van der Waals surface area contributed by atoms with E-state index in [-0.39, 0.29) is 5.82 Å². The number of hydrogen-bond donors (Lipinski definition) is 2. The summed E-state index contributed by atoms with van der Waals surface area (Å²) in [5.74, 6) is 0.754. The largest absolute Gasteiger partial charge is 0.455 e. The quantitative estimate of drug-likeness (QED) is 0.678. The molecular weight excluding hydrogens is 384 g/mol. The number of anilines is 1. The van der Waals surface area contributed by atoms with E-state index in [1.54, 1.807) is 52.0 Å². The first kappa shape index (κ1) is 17.1. The van der Waals surface area contributed by atoms with Crippen molar-refractivity contribution in [1.82, 2.24) is 25.1 Å². The average molecular weight is 411 g/mol. The van der Waals surface area contributed by atoms with E-state index in [2.05, 4.69) is 25.7 Å². The number of ether oxygens (including phenoxy) is 1. The number of aromatic nitrogens is 4. The Balaban J connectivity index is 1.70. The fraction of sp³-hybridized carbons (Fsp3) is 0.286. The molecule has 3 heterocycles. The molecular formula is C21H24N6O3. The smallest absolute Gasteiger partial charge is 0.327 e. The minimum atomic E-state index is -2.37. The molecule has 0 radical (unpaired) electrons. The molecule has 9 heteroatoms. The van der Waals surface area contributed by atoms with E-state index in [1.807, 2.05) is 0 Å². The third-order valence-corrected chi connectivity index (χ3v) is 4.02. The molecule has 9 nitrogen and oxygen atoms in total. The van der Waals surface area contributed by atoms with Gasteiger partial charge in [0.2, 0.25) is 5.91 Å². The normalized spacial score (nSPS) is 13.0. The summed E-state index contributed by atoms with van der Waals surface area (Å²) in [6.45, 7) is 4.44. The Morgan fingerprint density at radius 3 is 2.70 bits per heavy atom. The van der Waals surface area contributed by atoms with Gasteiger partial charge in [-0.1, -0.05) is 20.8 Å². The molecule has 156 valence electrons. The number of amides is 3. The molecule has 0 atom stereocenters. The molecule has 0 saturated carbocycles. The lowest BCUT2D eigenvalue weighted by Crippen LogP contribution is -2.41. The van der Waals surface area contributed by atoms with Gasteiger partial charge in [0.25, 0.3) is 0 Å². The highest BCUT2D eigenvalue weighted by Gasteiger charge is 2.23. The number of carbonyl (C=O) groups is 2. The van der Waals surface area contributed by atoms with E-state index in [0.717, 1.165) is 4.68 Å². The number of carbonyl (C=O) groups excluding carboxylic acids is 2. The zero-order valence-corrected chi connectivity index (χ0v) is 17.1. The molecule has 0 fully saturated rings. The fourth-order valence-electron chi connectivity index (χ4n) is 2.38. The van der Waals surface area contributed by atoms with Gasteiger partial charge in [-0.15, -0.1) is 0 Å². The predicted molar refractivity (Wildman–Crippen MR) is 112 cm³/mol. The van der Waals surface area contributed by atoms with Crippen molar-refractivity contribution in [2.24, 2.45) is 12.4 Å². The van der Waals surface area contributed by atoms with E-state index in [4.69, 9.17) is 8.85 Å². The van der Waals surface area contributed by atoms with Gasteiger partial charge in [0, 0.05) is 40.5 Å². The molecule has 3 rings (SSSR count).